The van der Waals surface area contributed by atoms with E-state index in [0.29, 0.717) is 29.6 Å². The Hall–Kier alpha value is -1.38. The van der Waals surface area contributed by atoms with E-state index in [4.69, 9.17) is 15.6 Å². The van der Waals surface area contributed by atoms with E-state index < -0.39 is 5.54 Å². The number of aromatic nitrogens is 1. The molecule has 1 amide bonds. The lowest BCUT2D eigenvalue weighted by Crippen LogP contribution is -2.43. The maximum absolute atomic E-state index is 12.1. The number of carbonyl (C=O) groups is 1. The normalized spacial score (nSPS) is 11.4. The Morgan fingerprint density at radius 3 is 2.85 bits per heavy atom. The first-order valence-corrected chi connectivity index (χ1v) is 7.14. The number of amides is 1. The standard InChI is InChI=1S/C12H22N4O3S/c1-12(2,4-6-17)16-10(18)8-9(13)15-11(20-8)14-5-7-19-3/h17H,4-7,13H2,1-3H3,(H,14,15)(H,16,18). The summed E-state index contributed by atoms with van der Waals surface area (Å²) in [5.41, 5.74) is 5.26. The van der Waals surface area contributed by atoms with Crippen LogP contribution in [0.5, 0.6) is 0 Å². The molecule has 1 aromatic heterocycles. The zero-order valence-electron chi connectivity index (χ0n) is 12.0. The summed E-state index contributed by atoms with van der Waals surface area (Å²) in [6, 6.07) is 0. The minimum Gasteiger partial charge on any atom is -0.396 e. The summed E-state index contributed by atoms with van der Waals surface area (Å²) in [6.45, 7) is 4.84. The van der Waals surface area contributed by atoms with Gasteiger partial charge in [0.05, 0.1) is 6.61 Å². The number of rotatable bonds is 8. The van der Waals surface area contributed by atoms with E-state index in [1.54, 1.807) is 7.11 Å². The highest BCUT2D eigenvalue weighted by Crippen LogP contribution is 2.25. The molecule has 0 atom stereocenters. The van der Waals surface area contributed by atoms with Crippen LogP contribution in [0.3, 0.4) is 0 Å². The van der Waals surface area contributed by atoms with Crippen molar-refractivity contribution in [3.8, 4) is 0 Å². The molecule has 20 heavy (non-hydrogen) atoms. The first-order valence-electron chi connectivity index (χ1n) is 6.32. The molecule has 0 radical (unpaired) electrons. The average Bonchev–Trinajstić information content (AvgIpc) is 2.70. The average molecular weight is 302 g/mol. The predicted molar refractivity (Wildman–Crippen MR) is 80.1 cm³/mol. The van der Waals surface area contributed by atoms with Crippen molar-refractivity contribution in [3.05, 3.63) is 4.88 Å². The van der Waals surface area contributed by atoms with Crippen LogP contribution >= 0.6 is 11.3 Å². The van der Waals surface area contributed by atoms with Crippen molar-refractivity contribution in [2.45, 2.75) is 25.8 Å². The molecule has 0 saturated carbocycles. The molecule has 7 nitrogen and oxygen atoms in total. The summed E-state index contributed by atoms with van der Waals surface area (Å²) in [4.78, 5) is 16.6. The lowest BCUT2D eigenvalue weighted by atomic mass is 10.0. The van der Waals surface area contributed by atoms with Gasteiger partial charge in [0.2, 0.25) is 0 Å². The highest BCUT2D eigenvalue weighted by atomic mass is 32.1. The number of methoxy groups -OCH3 is 1. The zero-order valence-corrected chi connectivity index (χ0v) is 12.8. The Morgan fingerprint density at radius 2 is 2.25 bits per heavy atom. The molecule has 8 heteroatoms. The van der Waals surface area contributed by atoms with Crippen LogP contribution < -0.4 is 16.4 Å². The molecule has 1 aromatic rings. The van der Waals surface area contributed by atoms with Gasteiger partial charge in [0.25, 0.3) is 5.91 Å². The summed E-state index contributed by atoms with van der Waals surface area (Å²) in [5, 5.41) is 15.4. The Bertz CT molecular complexity index is 448. The molecule has 0 aliphatic heterocycles. The first kappa shape index (κ1) is 16.7. The number of aliphatic hydroxyl groups is 1. The van der Waals surface area contributed by atoms with E-state index in [1.165, 1.54) is 11.3 Å². The maximum atomic E-state index is 12.1. The fourth-order valence-electron chi connectivity index (χ4n) is 1.54. The Balaban J connectivity index is 2.68. The van der Waals surface area contributed by atoms with Crippen molar-refractivity contribution < 1.29 is 14.6 Å². The number of aliphatic hydroxyl groups excluding tert-OH is 1. The van der Waals surface area contributed by atoms with Crippen LogP contribution in [-0.2, 0) is 4.74 Å². The lowest BCUT2D eigenvalue weighted by Gasteiger charge is -2.24. The van der Waals surface area contributed by atoms with E-state index in [2.05, 4.69) is 15.6 Å². The highest BCUT2D eigenvalue weighted by Gasteiger charge is 2.24. The number of thiazole rings is 1. The van der Waals surface area contributed by atoms with Gasteiger partial charge in [0, 0.05) is 25.8 Å². The van der Waals surface area contributed by atoms with Gasteiger partial charge in [-0.25, -0.2) is 4.98 Å². The third-order valence-corrected chi connectivity index (χ3v) is 3.66. The summed E-state index contributed by atoms with van der Waals surface area (Å²) >= 11 is 1.20. The third-order valence-electron chi connectivity index (χ3n) is 2.63. The molecule has 0 unspecified atom stereocenters. The van der Waals surface area contributed by atoms with Crippen molar-refractivity contribution in [3.63, 3.8) is 0 Å². The van der Waals surface area contributed by atoms with Gasteiger partial charge in [-0.1, -0.05) is 11.3 Å². The predicted octanol–water partition coefficient (Wildman–Crippen LogP) is 0.674. The molecular formula is C12H22N4O3S. The Kier molecular flexibility index (Phi) is 6.18. The maximum Gasteiger partial charge on any atom is 0.265 e. The number of nitrogens with two attached hydrogens (primary N) is 1. The van der Waals surface area contributed by atoms with Crippen molar-refractivity contribution in [1.82, 2.24) is 10.3 Å². The van der Waals surface area contributed by atoms with Crippen LogP contribution in [0.4, 0.5) is 10.9 Å². The van der Waals surface area contributed by atoms with E-state index in [-0.39, 0.29) is 18.3 Å². The second-order valence-electron chi connectivity index (χ2n) is 4.96. The fraction of sp³-hybridized carbons (Fsp3) is 0.667. The van der Waals surface area contributed by atoms with Crippen molar-refractivity contribution in [1.29, 1.82) is 0 Å². The number of nitrogen functional groups attached to an aromatic ring is 1. The molecule has 0 aromatic carbocycles. The molecule has 5 N–H and O–H groups in total. The molecule has 0 aliphatic carbocycles. The van der Waals surface area contributed by atoms with Crippen LogP contribution in [0.25, 0.3) is 0 Å². The van der Waals surface area contributed by atoms with Crippen LogP contribution in [-0.4, -0.2) is 48.4 Å². The largest absolute Gasteiger partial charge is 0.396 e. The highest BCUT2D eigenvalue weighted by molar-refractivity contribution is 7.18. The number of ether oxygens (including phenoxy) is 1. The molecule has 0 fully saturated rings. The Labute approximate surface area is 122 Å². The van der Waals surface area contributed by atoms with Gasteiger partial charge in [0.15, 0.2) is 5.13 Å². The summed E-state index contributed by atoms with van der Waals surface area (Å²) < 4.78 is 4.92. The number of anilines is 2. The van der Waals surface area contributed by atoms with Gasteiger partial charge in [-0.05, 0) is 20.3 Å². The molecule has 0 spiro atoms. The summed E-state index contributed by atoms with van der Waals surface area (Å²) in [6.07, 6.45) is 0.469. The van der Waals surface area contributed by atoms with E-state index in [1.807, 2.05) is 13.8 Å². The molecule has 1 heterocycles. The molecule has 0 saturated heterocycles. The minimum atomic E-state index is -0.494. The zero-order chi connectivity index (χ0) is 15.2. The van der Waals surface area contributed by atoms with Gasteiger partial charge in [0.1, 0.15) is 10.7 Å². The second-order valence-corrected chi connectivity index (χ2v) is 5.96. The fourth-order valence-corrected chi connectivity index (χ4v) is 2.34. The first-order chi connectivity index (χ1) is 9.39. The van der Waals surface area contributed by atoms with Crippen LogP contribution in [0.15, 0.2) is 0 Å². The van der Waals surface area contributed by atoms with Gasteiger partial charge < -0.3 is 26.2 Å². The number of nitrogens with zero attached hydrogens (tertiary/aromatic N) is 1. The third kappa shape index (κ3) is 4.95. The SMILES string of the molecule is COCCNc1nc(N)c(C(=O)NC(C)(C)CCO)s1. The number of hydrogen-bond donors (Lipinski definition) is 4. The molecule has 114 valence electrons. The molecular weight excluding hydrogens is 280 g/mol. The number of nitrogens with one attached hydrogen (secondary N) is 2. The number of carbonyl (C=O) groups excluding carboxylic acids is 1. The summed E-state index contributed by atoms with van der Waals surface area (Å²) in [7, 11) is 1.61. The van der Waals surface area contributed by atoms with Crippen molar-refractivity contribution >= 4 is 28.2 Å². The molecule has 1 rings (SSSR count). The topological polar surface area (TPSA) is 110 Å². The smallest absolute Gasteiger partial charge is 0.265 e. The Morgan fingerprint density at radius 1 is 1.55 bits per heavy atom. The minimum absolute atomic E-state index is 0.00920. The van der Waals surface area contributed by atoms with Gasteiger partial charge in [-0.3, -0.25) is 4.79 Å². The number of hydrogen-bond acceptors (Lipinski definition) is 7. The van der Waals surface area contributed by atoms with E-state index in [0.717, 1.165) is 0 Å². The monoisotopic (exact) mass is 302 g/mol. The quantitative estimate of drug-likeness (QED) is 0.526. The van der Waals surface area contributed by atoms with Crippen molar-refractivity contribution in [2.75, 3.05) is 37.9 Å². The van der Waals surface area contributed by atoms with Crippen LogP contribution in [0.2, 0.25) is 0 Å². The second kappa shape index (κ2) is 7.41. The van der Waals surface area contributed by atoms with Gasteiger partial charge in [-0.15, -0.1) is 0 Å². The van der Waals surface area contributed by atoms with Gasteiger partial charge >= 0.3 is 0 Å². The molecule has 0 bridgehead atoms. The summed E-state index contributed by atoms with van der Waals surface area (Å²) in [5.74, 6) is -0.0783. The van der Waals surface area contributed by atoms with Crippen molar-refractivity contribution in [2.24, 2.45) is 0 Å². The van der Waals surface area contributed by atoms with Crippen LogP contribution in [0, 0.1) is 0 Å². The van der Waals surface area contributed by atoms with E-state index in [9.17, 15) is 4.79 Å². The van der Waals surface area contributed by atoms with E-state index >= 15 is 0 Å². The lowest BCUT2D eigenvalue weighted by molar-refractivity contribution is 0.0904. The van der Waals surface area contributed by atoms with Crippen LogP contribution in [0.1, 0.15) is 29.9 Å². The molecule has 0 aliphatic rings. The van der Waals surface area contributed by atoms with Gasteiger partial charge in [-0.2, -0.15) is 0 Å².